The van der Waals surface area contributed by atoms with Gasteiger partial charge in [0, 0.05) is 43.7 Å². The van der Waals surface area contributed by atoms with Crippen LogP contribution in [-0.4, -0.2) is 62.9 Å². The van der Waals surface area contributed by atoms with Gasteiger partial charge in [-0.25, -0.2) is 9.37 Å². The average Bonchev–Trinajstić information content (AvgIpc) is 3.48. The number of nitrogens with zero attached hydrogens (tertiary/aromatic N) is 5. The number of imidazole rings is 1. The van der Waals surface area contributed by atoms with E-state index in [0.29, 0.717) is 48.1 Å². The second-order valence-corrected chi connectivity index (χ2v) is 11.1. The molecule has 1 aliphatic carbocycles. The Balaban J connectivity index is 1.35. The molecule has 39 heavy (non-hydrogen) atoms. The molecule has 1 saturated heterocycles. The maximum atomic E-state index is 15.5. The Morgan fingerprint density at radius 2 is 2.05 bits per heavy atom. The highest BCUT2D eigenvalue weighted by molar-refractivity contribution is 6.01. The molecule has 4 aliphatic rings. The summed E-state index contributed by atoms with van der Waals surface area (Å²) in [5.74, 6) is 0.862. The Morgan fingerprint density at radius 3 is 2.72 bits per heavy atom. The van der Waals surface area contributed by atoms with E-state index >= 15 is 4.39 Å². The number of fused-ring (bicyclic) bond motifs is 2. The molecule has 208 valence electrons. The monoisotopic (exact) mass is 542 g/mol. The van der Waals surface area contributed by atoms with Crippen LogP contribution in [0.4, 0.5) is 13.2 Å². The largest absolute Gasteiger partial charge is 0.417 e. The first-order valence-electron chi connectivity index (χ1n) is 13.6. The summed E-state index contributed by atoms with van der Waals surface area (Å²) in [7, 11) is 1.74. The van der Waals surface area contributed by atoms with Crippen molar-refractivity contribution in [2.45, 2.75) is 58.2 Å². The maximum absolute atomic E-state index is 15.5. The van der Waals surface area contributed by atoms with E-state index in [-0.39, 0.29) is 41.3 Å². The Kier molecular flexibility index (Phi) is 6.44. The number of alkyl halides is 2. The van der Waals surface area contributed by atoms with Crippen LogP contribution in [0, 0.1) is 23.6 Å². The molecule has 11 heteroatoms. The molecule has 2 N–H and O–H groups in total. The minimum atomic E-state index is -2.95. The number of carbonyl (C=O) groups excluding carboxylic acids is 1. The summed E-state index contributed by atoms with van der Waals surface area (Å²) < 4.78 is 47.5. The second kappa shape index (κ2) is 9.69. The summed E-state index contributed by atoms with van der Waals surface area (Å²) in [6.45, 7) is 2.25. The van der Waals surface area contributed by atoms with Crippen molar-refractivity contribution in [3.05, 3.63) is 47.4 Å². The molecule has 3 aliphatic heterocycles. The number of nitrogens with two attached hydrogens (primary N) is 1. The third kappa shape index (κ3) is 4.50. The van der Waals surface area contributed by atoms with Gasteiger partial charge in [-0.05, 0) is 62.3 Å². The molecule has 2 fully saturated rings. The van der Waals surface area contributed by atoms with Crippen molar-refractivity contribution >= 4 is 28.5 Å². The molecule has 1 aromatic heterocycles. The lowest BCUT2D eigenvalue weighted by Crippen LogP contribution is -2.41. The van der Waals surface area contributed by atoms with Crippen LogP contribution >= 0.6 is 0 Å². The van der Waals surface area contributed by atoms with Crippen molar-refractivity contribution in [2.24, 2.45) is 35.5 Å². The topological polar surface area (TPSA) is 89.0 Å². The molecule has 4 heterocycles. The number of carbonyl (C=O) groups is 1. The molecule has 1 amide bonds. The number of rotatable bonds is 7. The number of aryl methyl sites for hydroxylation is 1. The molecular formula is C28H33F3N6O2. The summed E-state index contributed by atoms with van der Waals surface area (Å²) in [4.78, 5) is 26.4. The molecule has 4 atom stereocenters. The van der Waals surface area contributed by atoms with Crippen molar-refractivity contribution in [1.29, 1.82) is 0 Å². The molecule has 0 spiro atoms. The first kappa shape index (κ1) is 25.9. The van der Waals surface area contributed by atoms with Gasteiger partial charge in [-0.15, -0.1) is 0 Å². The first-order chi connectivity index (χ1) is 18.7. The summed E-state index contributed by atoms with van der Waals surface area (Å²) in [6, 6.07) is 2.66. The number of aliphatic imine (C=N–C) groups is 1. The highest BCUT2D eigenvalue weighted by atomic mass is 19.3. The van der Waals surface area contributed by atoms with Crippen molar-refractivity contribution in [3.63, 3.8) is 0 Å². The van der Waals surface area contributed by atoms with Crippen molar-refractivity contribution < 1.29 is 22.7 Å². The van der Waals surface area contributed by atoms with Gasteiger partial charge < -0.3 is 24.8 Å². The van der Waals surface area contributed by atoms with Crippen LogP contribution < -0.4 is 5.73 Å². The zero-order valence-corrected chi connectivity index (χ0v) is 22.3. The standard InChI is InChI=1S/C28H33F3N6O2/c1-4-16-13-36(14(2)23(16)32)27(38)18-9-19(29)24-20(10-18)33-26(35(24)3)21-11-17-7-8-22(39-28(30)31)34-25(17)37(21)12-15-5-6-15/h8-11,14-17,23,28H,4-7,12-13,32H2,1-3H3. The number of allylic oxidation sites excluding steroid dienone is 1. The van der Waals surface area contributed by atoms with E-state index in [1.807, 2.05) is 17.9 Å². The van der Waals surface area contributed by atoms with E-state index in [0.717, 1.165) is 25.0 Å². The number of amides is 1. The predicted octanol–water partition coefficient (Wildman–Crippen LogP) is 4.48. The lowest BCUT2D eigenvalue weighted by molar-refractivity contribution is -0.0972. The SMILES string of the molecule is CCC1CN(C(=O)c2cc(F)c3c(c2)nc(C2=CC4CC=C(OC(F)F)N=C4N2CC2CC2)n3C)C(C)C1N. The zero-order valence-electron chi connectivity index (χ0n) is 22.3. The van der Waals surface area contributed by atoms with Gasteiger partial charge in [-0.1, -0.05) is 13.3 Å². The van der Waals surface area contributed by atoms with Crippen molar-refractivity contribution in [2.75, 3.05) is 13.1 Å². The maximum Gasteiger partial charge on any atom is 0.388 e. The Bertz CT molecular complexity index is 1410. The third-order valence-electron chi connectivity index (χ3n) is 8.58. The first-order valence-corrected chi connectivity index (χ1v) is 13.6. The number of hydrogen-bond acceptors (Lipinski definition) is 6. The number of likely N-dealkylation sites (tertiary alicyclic amines) is 1. The van der Waals surface area contributed by atoms with Gasteiger partial charge in [0.15, 0.2) is 5.82 Å². The van der Waals surface area contributed by atoms with Crippen LogP contribution in [0.2, 0.25) is 0 Å². The van der Waals surface area contributed by atoms with E-state index in [4.69, 9.17) is 10.7 Å². The molecule has 1 aromatic carbocycles. The summed E-state index contributed by atoms with van der Waals surface area (Å²) in [6.07, 6.45) is 7.08. The van der Waals surface area contributed by atoms with Crippen LogP contribution in [0.25, 0.3) is 16.7 Å². The van der Waals surface area contributed by atoms with Crippen LogP contribution in [-0.2, 0) is 11.8 Å². The van der Waals surface area contributed by atoms with Crippen molar-refractivity contribution in [1.82, 2.24) is 19.4 Å². The fourth-order valence-electron chi connectivity index (χ4n) is 6.12. The van der Waals surface area contributed by atoms with Crippen LogP contribution in [0.15, 0.2) is 35.2 Å². The third-order valence-corrected chi connectivity index (χ3v) is 8.58. The van der Waals surface area contributed by atoms with E-state index in [1.165, 1.54) is 6.07 Å². The van der Waals surface area contributed by atoms with Gasteiger partial charge in [0.2, 0.25) is 5.88 Å². The summed E-state index contributed by atoms with van der Waals surface area (Å²) in [5, 5.41) is 0. The molecular weight excluding hydrogens is 509 g/mol. The summed E-state index contributed by atoms with van der Waals surface area (Å²) >= 11 is 0. The van der Waals surface area contributed by atoms with E-state index in [9.17, 15) is 13.6 Å². The van der Waals surface area contributed by atoms with Gasteiger partial charge in [-0.2, -0.15) is 13.8 Å². The van der Waals surface area contributed by atoms with Crippen LogP contribution in [0.5, 0.6) is 0 Å². The Morgan fingerprint density at radius 1 is 1.28 bits per heavy atom. The number of halogens is 3. The van der Waals surface area contributed by atoms with E-state index in [1.54, 1.807) is 28.7 Å². The van der Waals surface area contributed by atoms with E-state index < -0.39 is 12.4 Å². The smallest absolute Gasteiger partial charge is 0.388 e. The van der Waals surface area contributed by atoms with Gasteiger partial charge in [0.25, 0.3) is 5.91 Å². The van der Waals surface area contributed by atoms with Gasteiger partial charge in [0.05, 0.1) is 11.2 Å². The Labute approximate surface area is 225 Å². The van der Waals surface area contributed by atoms with Gasteiger partial charge in [-0.3, -0.25) is 4.79 Å². The molecule has 0 radical (unpaired) electrons. The normalized spacial score (nSPS) is 26.7. The lowest BCUT2D eigenvalue weighted by Gasteiger charge is -2.26. The number of aromatic nitrogens is 2. The minimum absolute atomic E-state index is 0.0907. The number of amidine groups is 1. The number of benzene rings is 1. The quantitative estimate of drug-likeness (QED) is 0.558. The fraction of sp³-hybridized carbons (Fsp3) is 0.536. The number of hydrogen-bond donors (Lipinski definition) is 1. The van der Waals surface area contributed by atoms with Crippen molar-refractivity contribution in [3.8, 4) is 0 Å². The van der Waals surface area contributed by atoms with Crippen LogP contribution in [0.1, 0.15) is 55.7 Å². The van der Waals surface area contributed by atoms with Gasteiger partial charge in [0.1, 0.15) is 17.2 Å². The Hall–Kier alpha value is -3.34. The molecule has 8 nitrogen and oxygen atoms in total. The predicted molar refractivity (Wildman–Crippen MR) is 141 cm³/mol. The number of ether oxygens (including phenoxy) is 1. The van der Waals surface area contributed by atoms with E-state index in [2.05, 4.69) is 16.7 Å². The highest BCUT2D eigenvalue weighted by Gasteiger charge is 2.40. The average molecular weight is 543 g/mol. The van der Waals surface area contributed by atoms with Crippen LogP contribution in [0.3, 0.4) is 0 Å². The molecule has 6 rings (SSSR count). The molecule has 0 bridgehead atoms. The zero-order chi connectivity index (χ0) is 27.6. The highest BCUT2D eigenvalue weighted by Crippen LogP contribution is 2.40. The lowest BCUT2D eigenvalue weighted by atomic mass is 9.98. The van der Waals surface area contributed by atoms with Gasteiger partial charge >= 0.3 is 6.61 Å². The minimum Gasteiger partial charge on any atom is -0.417 e. The molecule has 2 aromatic rings. The summed E-state index contributed by atoms with van der Waals surface area (Å²) in [5.41, 5.74) is 8.01. The molecule has 1 saturated carbocycles. The molecule has 4 unspecified atom stereocenters. The fourth-order valence-corrected chi connectivity index (χ4v) is 6.12. The second-order valence-electron chi connectivity index (χ2n) is 11.1.